The van der Waals surface area contributed by atoms with Gasteiger partial charge in [-0.1, -0.05) is 41.9 Å². The van der Waals surface area contributed by atoms with Gasteiger partial charge in [-0.05, 0) is 29.7 Å². The van der Waals surface area contributed by atoms with E-state index in [1.807, 2.05) is 42.5 Å². The Balaban J connectivity index is 1.62. The number of ether oxygens (including phenoxy) is 1. The topological polar surface area (TPSA) is 75.7 Å². The van der Waals surface area contributed by atoms with Gasteiger partial charge in [-0.15, -0.1) is 0 Å². The maximum absolute atomic E-state index is 12.2. The molecule has 2 aliphatic heterocycles. The Bertz CT molecular complexity index is 942. The van der Waals surface area contributed by atoms with Gasteiger partial charge in [0.2, 0.25) is 17.7 Å². The monoisotopic (exact) mass is 398 g/mol. The number of hydrogen-bond donors (Lipinski definition) is 1. The third kappa shape index (κ3) is 3.53. The number of imide groups is 1. The molecule has 1 unspecified atom stereocenters. The Morgan fingerprint density at radius 1 is 1.04 bits per heavy atom. The van der Waals surface area contributed by atoms with Crippen LogP contribution in [0, 0.1) is 0 Å². The van der Waals surface area contributed by atoms with Crippen LogP contribution in [0.5, 0.6) is 0 Å². The van der Waals surface area contributed by atoms with Crippen LogP contribution in [0.15, 0.2) is 42.5 Å². The van der Waals surface area contributed by atoms with Gasteiger partial charge in [-0.2, -0.15) is 0 Å². The summed E-state index contributed by atoms with van der Waals surface area (Å²) in [6, 6.07) is 13.1. The third-order valence-electron chi connectivity index (χ3n) is 5.11. The normalized spacial score (nSPS) is 20.2. The fourth-order valence-corrected chi connectivity index (χ4v) is 3.96. The summed E-state index contributed by atoms with van der Waals surface area (Å²) < 4.78 is 5.36. The SMILES string of the molecule is O=C1CCC(c2cccc(-c3ccc(N4COCCC4=O)cc3)c2Cl)C(=O)N1. The van der Waals surface area contributed by atoms with Crippen molar-refractivity contribution in [1.29, 1.82) is 0 Å². The molecular formula is C21H19ClN2O4. The van der Waals surface area contributed by atoms with Crippen LogP contribution in [0.2, 0.25) is 5.02 Å². The highest BCUT2D eigenvalue weighted by Crippen LogP contribution is 2.37. The Hall–Kier alpha value is -2.70. The molecule has 0 bridgehead atoms. The van der Waals surface area contributed by atoms with Crippen LogP contribution in [-0.2, 0) is 19.1 Å². The van der Waals surface area contributed by atoms with E-state index in [9.17, 15) is 14.4 Å². The van der Waals surface area contributed by atoms with Crippen molar-refractivity contribution in [3.8, 4) is 11.1 Å². The zero-order valence-corrected chi connectivity index (χ0v) is 15.9. The highest BCUT2D eigenvalue weighted by molar-refractivity contribution is 6.34. The van der Waals surface area contributed by atoms with Crippen molar-refractivity contribution in [2.45, 2.75) is 25.2 Å². The maximum Gasteiger partial charge on any atom is 0.234 e. The van der Waals surface area contributed by atoms with Gasteiger partial charge in [0.05, 0.1) is 24.0 Å². The van der Waals surface area contributed by atoms with E-state index < -0.39 is 5.92 Å². The van der Waals surface area contributed by atoms with Crippen molar-refractivity contribution in [2.24, 2.45) is 0 Å². The summed E-state index contributed by atoms with van der Waals surface area (Å²) in [5, 5.41) is 2.88. The number of piperidine rings is 1. The van der Waals surface area contributed by atoms with Gasteiger partial charge in [0.1, 0.15) is 6.73 Å². The van der Waals surface area contributed by atoms with E-state index in [0.29, 0.717) is 36.5 Å². The molecule has 7 heteroatoms. The Kier molecular flexibility index (Phi) is 5.15. The molecule has 0 saturated carbocycles. The molecule has 3 amide bonds. The minimum Gasteiger partial charge on any atom is -0.360 e. The maximum atomic E-state index is 12.2. The summed E-state index contributed by atoms with van der Waals surface area (Å²) in [5.74, 6) is -0.959. The van der Waals surface area contributed by atoms with Crippen LogP contribution < -0.4 is 10.2 Å². The number of halogens is 1. The molecule has 4 rings (SSSR count). The fourth-order valence-electron chi connectivity index (χ4n) is 3.59. The molecular weight excluding hydrogens is 380 g/mol. The number of benzene rings is 2. The summed E-state index contributed by atoms with van der Waals surface area (Å²) in [4.78, 5) is 37.3. The molecule has 2 aliphatic rings. The average molecular weight is 399 g/mol. The van der Waals surface area contributed by atoms with E-state index in [4.69, 9.17) is 16.3 Å². The lowest BCUT2D eigenvalue weighted by Gasteiger charge is -2.27. The second-order valence-corrected chi connectivity index (χ2v) is 7.25. The van der Waals surface area contributed by atoms with Gasteiger partial charge in [0.25, 0.3) is 0 Å². The number of nitrogens with zero attached hydrogens (tertiary/aromatic N) is 1. The van der Waals surface area contributed by atoms with Gasteiger partial charge in [0, 0.05) is 17.7 Å². The first-order chi connectivity index (χ1) is 13.5. The number of rotatable bonds is 3. The molecule has 2 heterocycles. The number of carbonyl (C=O) groups excluding carboxylic acids is 3. The minimum atomic E-state index is -0.437. The van der Waals surface area contributed by atoms with Gasteiger partial charge in [-0.3, -0.25) is 24.6 Å². The first-order valence-corrected chi connectivity index (χ1v) is 9.53. The molecule has 0 spiro atoms. The highest BCUT2D eigenvalue weighted by atomic mass is 35.5. The second kappa shape index (κ2) is 7.73. The van der Waals surface area contributed by atoms with Crippen molar-refractivity contribution >= 4 is 35.0 Å². The molecule has 2 aromatic carbocycles. The lowest BCUT2D eigenvalue weighted by atomic mass is 9.88. The Morgan fingerprint density at radius 3 is 2.54 bits per heavy atom. The molecule has 0 aliphatic carbocycles. The zero-order valence-electron chi connectivity index (χ0n) is 15.1. The van der Waals surface area contributed by atoms with Gasteiger partial charge in [0.15, 0.2) is 0 Å². The molecule has 144 valence electrons. The third-order valence-corrected chi connectivity index (χ3v) is 5.54. The first kappa shape index (κ1) is 18.7. The summed E-state index contributed by atoms with van der Waals surface area (Å²) in [7, 11) is 0. The van der Waals surface area contributed by atoms with Gasteiger partial charge >= 0.3 is 0 Å². The van der Waals surface area contributed by atoms with E-state index in [2.05, 4.69) is 5.32 Å². The lowest BCUT2D eigenvalue weighted by Crippen LogP contribution is -2.39. The molecule has 2 fully saturated rings. The standard InChI is InChI=1S/C21H19ClN2O4/c22-20-15(2-1-3-16(20)17-8-9-18(25)23-21(17)27)13-4-6-14(7-5-13)24-12-28-11-10-19(24)26/h1-7,17H,8-12H2,(H,23,25,27). The molecule has 2 saturated heterocycles. The van der Waals surface area contributed by atoms with Crippen molar-refractivity contribution in [1.82, 2.24) is 5.32 Å². The molecule has 6 nitrogen and oxygen atoms in total. The summed E-state index contributed by atoms with van der Waals surface area (Å²) in [6.07, 6.45) is 1.13. The Morgan fingerprint density at radius 2 is 1.82 bits per heavy atom. The van der Waals surface area contributed by atoms with E-state index in [0.717, 1.165) is 16.8 Å². The minimum absolute atomic E-state index is 0.0388. The van der Waals surface area contributed by atoms with Crippen molar-refractivity contribution in [3.63, 3.8) is 0 Å². The predicted octanol–water partition coefficient (Wildman–Crippen LogP) is 3.24. The van der Waals surface area contributed by atoms with Crippen LogP contribution in [0.3, 0.4) is 0 Å². The number of anilines is 1. The van der Waals surface area contributed by atoms with Gasteiger partial charge < -0.3 is 4.74 Å². The van der Waals surface area contributed by atoms with Crippen LogP contribution in [0.25, 0.3) is 11.1 Å². The van der Waals surface area contributed by atoms with Crippen molar-refractivity contribution in [3.05, 3.63) is 53.1 Å². The van der Waals surface area contributed by atoms with E-state index in [1.165, 1.54) is 0 Å². The zero-order chi connectivity index (χ0) is 19.7. The quantitative estimate of drug-likeness (QED) is 0.805. The van der Waals surface area contributed by atoms with E-state index in [-0.39, 0.29) is 24.5 Å². The van der Waals surface area contributed by atoms with E-state index in [1.54, 1.807) is 4.90 Å². The molecule has 0 aromatic heterocycles. The highest BCUT2D eigenvalue weighted by Gasteiger charge is 2.30. The second-order valence-electron chi connectivity index (χ2n) is 6.87. The van der Waals surface area contributed by atoms with Crippen LogP contribution in [0.1, 0.15) is 30.7 Å². The first-order valence-electron chi connectivity index (χ1n) is 9.15. The molecule has 0 radical (unpaired) electrons. The van der Waals surface area contributed by atoms with Crippen molar-refractivity contribution in [2.75, 3.05) is 18.2 Å². The summed E-state index contributed by atoms with van der Waals surface area (Å²) in [5.41, 5.74) is 3.17. The molecule has 1 N–H and O–H groups in total. The summed E-state index contributed by atoms with van der Waals surface area (Å²) >= 11 is 6.64. The van der Waals surface area contributed by atoms with Crippen LogP contribution >= 0.6 is 11.6 Å². The van der Waals surface area contributed by atoms with Crippen molar-refractivity contribution < 1.29 is 19.1 Å². The lowest BCUT2D eigenvalue weighted by molar-refractivity contribution is -0.134. The molecule has 28 heavy (non-hydrogen) atoms. The largest absolute Gasteiger partial charge is 0.360 e. The van der Waals surface area contributed by atoms with Crippen LogP contribution in [0.4, 0.5) is 5.69 Å². The molecule has 2 aromatic rings. The number of nitrogens with one attached hydrogen (secondary N) is 1. The fraction of sp³-hybridized carbons (Fsp3) is 0.286. The summed E-state index contributed by atoms with van der Waals surface area (Å²) in [6.45, 7) is 0.708. The predicted molar refractivity (Wildman–Crippen MR) is 105 cm³/mol. The van der Waals surface area contributed by atoms with Gasteiger partial charge in [-0.25, -0.2) is 0 Å². The average Bonchev–Trinajstić information content (AvgIpc) is 2.69. The number of hydrogen-bond acceptors (Lipinski definition) is 4. The molecule has 1 atom stereocenters. The smallest absolute Gasteiger partial charge is 0.234 e. The van der Waals surface area contributed by atoms with Crippen LogP contribution in [-0.4, -0.2) is 31.1 Å². The number of amides is 3. The number of carbonyl (C=O) groups is 3. The van der Waals surface area contributed by atoms with E-state index >= 15 is 0 Å². The Labute approximate surface area is 167 Å².